The largest absolute Gasteiger partial charge is 0.465 e. The van der Waals surface area contributed by atoms with E-state index in [0.29, 0.717) is 5.56 Å². The molecule has 1 aromatic rings. The number of rotatable bonds is 4. The molecule has 1 rings (SSSR count). The van der Waals surface area contributed by atoms with Crippen molar-refractivity contribution in [2.75, 3.05) is 13.7 Å². The van der Waals surface area contributed by atoms with Gasteiger partial charge in [-0.05, 0) is 30.7 Å². The molecule has 3 nitrogen and oxygen atoms in total. The molecule has 88 valence electrons. The molecule has 0 aliphatic carbocycles. The van der Waals surface area contributed by atoms with Gasteiger partial charge in [0.25, 0.3) is 0 Å². The Morgan fingerprint density at radius 1 is 1.62 bits per heavy atom. The summed E-state index contributed by atoms with van der Waals surface area (Å²) in [6, 6.07) is 4.39. The van der Waals surface area contributed by atoms with Crippen molar-refractivity contribution in [3.05, 3.63) is 34.3 Å². The monoisotopic (exact) mass is 245 g/mol. The van der Waals surface area contributed by atoms with Crippen LogP contribution in [-0.2, 0) is 4.74 Å². The van der Waals surface area contributed by atoms with Crippen LogP contribution in [0, 0.1) is 0 Å². The maximum atomic E-state index is 13.5. The lowest BCUT2D eigenvalue weighted by Crippen LogP contribution is -2.05. The maximum Gasteiger partial charge on any atom is 0.339 e. The Hall–Kier alpha value is -1.13. The van der Waals surface area contributed by atoms with Crippen LogP contribution >= 0.6 is 11.6 Å². The first-order valence-corrected chi connectivity index (χ1v) is 5.19. The molecule has 0 amide bonds. The van der Waals surface area contributed by atoms with Gasteiger partial charge in [0.1, 0.15) is 6.17 Å². The van der Waals surface area contributed by atoms with Crippen LogP contribution in [0.3, 0.4) is 0 Å². The second-order valence-electron chi connectivity index (χ2n) is 3.28. The minimum absolute atomic E-state index is 0.184. The summed E-state index contributed by atoms with van der Waals surface area (Å²) in [5.74, 6) is -0.536. The molecule has 1 unspecified atom stereocenters. The van der Waals surface area contributed by atoms with Gasteiger partial charge in [-0.25, -0.2) is 9.18 Å². The molecule has 0 fully saturated rings. The Morgan fingerprint density at radius 3 is 2.81 bits per heavy atom. The molecule has 1 atom stereocenters. The van der Waals surface area contributed by atoms with Gasteiger partial charge < -0.3 is 10.5 Å². The summed E-state index contributed by atoms with van der Waals surface area (Å²) in [7, 11) is 1.26. The molecule has 0 heterocycles. The second kappa shape index (κ2) is 5.82. The highest BCUT2D eigenvalue weighted by molar-refractivity contribution is 6.33. The number of hydrogen-bond donors (Lipinski definition) is 1. The lowest BCUT2D eigenvalue weighted by Gasteiger charge is -2.09. The molecule has 0 aromatic heterocycles. The Morgan fingerprint density at radius 2 is 2.31 bits per heavy atom. The van der Waals surface area contributed by atoms with Crippen molar-refractivity contribution in [2.24, 2.45) is 5.73 Å². The van der Waals surface area contributed by atoms with Crippen molar-refractivity contribution < 1.29 is 13.9 Å². The van der Waals surface area contributed by atoms with Crippen LogP contribution < -0.4 is 5.73 Å². The number of ether oxygens (including phenoxy) is 1. The van der Waals surface area contributed by atoms with E-state index in [1.165, 1.54) is 25.3 Å². The van der Waals surface area contributed by atoms with Crippen LogP contribution in [0.25, 0.3) is 0 Å². The fourth-order valence-corrected chi connectivity index (χ4v) is 1.58. The van der Waals surface area contributed by atoms with Gasteiger partial charge in [0.2, 0.25) is 0 Å². The topological polar surface area (TPSA) is 52.3 Å². The van der Waals surface area contributed by atoms with E-state index in [0.717, 1.165) is 0 Å². The summed E-state index contributed by atoms with van der Waals surface area (Å²) in [5, 5.41) is 0.184. The van der Waals surface area contributed by atoms with Crippen LogP contribution in [0.1, 0.15) is 28.5 Å². The van der Waals surface area contributed by atoms with Crippen molar-refractivity contribution >= 4 is 17.6 Å². The van der Waals surface area contributed by atoms with Crippen LogP contribution in [0.2, 0.25) is 5.02 Å². The van der Waals surface area contributed by atoms with Gasteiger partial charge in [-0.2, -0.15) is 0 Å². The van der Waals surface area contributed by atoms with Crippen LogP contribution in [-0.4, -0.2) is 19.6 Å². The minimum atomic E-state index is -1.16. The van der Waals surface area contributed by atoms with Gasteiger partial charge in [-0.15, -0.1) is 0 Å². The molecule has 16 heavy (non-hydrogen) atoms. The maximum absolute atomic E-state index is 13.5. The SMILES string of the molecule is COC(=O)c1ccc(C(F)CCN)cc1Cl. The summed E-state index contributed by atoms with van der Waals surface area (Å²) >= 11 is 5.85. The van der Waals surface area contributed by atoms with Crippen molar-refractivity contribution in [1.29, 1.82) is 0 Å². The fraction of sp³-hybridized carbons (Fsp3) is 0.364. The highest BCUT2D eigenvalue weighted by Crippen LogP contribution is 2.26. The second-order valence-corrected chi connectivity index (χ2v) is 3.68. The number of hydrogen-bond acceptors (Lipinski definition) is 3. The van der Waals surface area contributed by atoms with E-state index in [-0.39, 0.29) is 23.6 Å². The average molecular weight is 246 g/mol. The van der Waals surface area contributed by atoms with E-state index in [9.17, 15) is 9.18 Å². The zero-order valence-electron chi connectivity index (χ0n) is 8.87. The van der Waals surface area contributed by atoms with Crippen LogP contribution in [0.4, 0.5) is 4.39 Å². The van der Waals surface area contributed by atoms with Gasteiger partial charge in [0, 0.05) is 0 Å². The smallest absolute Gasteiger partial charge is 0.339 e. The van der Waals surface area contributed by atoms with E-state index >= 15 is 0 Å². The van der Waals surface area contributed by atoms with Crippen molar-refractivity contribution in [3.63, 3.8) is 0 Å². The predicted molar refractivity (Wildman–Crippen MR) is 60.3 cm³/mol. The number of esters is 1. The van der Waals surface area contributed by atoms with E-state index in [2.05, 4.69) is 4.74 Å². The zero-order chi connectivity index (χ0) is 12.1. The molecule has 1 aromatic carbocycles. The van der Waals surface area contributed by atoms with Crippen molar-refractivity contribution in [1.82, 2.24) is 0 Å². The van der Waals surface area contributed by atoms with Gasteiger partial charge in [-0.3, -0.25) is 0 Å². The quantitative estimate of drug-likeness (QED) is 0.830. The first kappa shape index (κ1) is 12.9. The predicted octanol–water partition coefficient (Wildman–Crippen LogP) is 2.49. The summed E-state index contributed by atoms with van der Waals surface area (Å²) in [6.07, 6.45) is -0.928. The molecule has 0 saturated heterocycles. The van der Waals surface area contributed by atoms with Crippen molar-refractivity contribution in [2.45, 2.75) is 12.6 Å². The zero-order valence-corrected chi connectivity index (χ0v) is 9.63. The average Bonchev–Trinajstić information content (AvgIpc) is 2.28. The lowest BCUT2D eigenvalue weighted by molar-refractivity contribution is 0.0601. The van der Waals surface area contributed by atoms with E-state index in [1.807, 2.05) is 0 Å². The molecule has 0 spiro atoms. The number of carbonyl (C=O) groups is 1. The molecule has 0 aliphatic heterocycles. The van der Waals surface area contributed by atoms with Gasteiger partial charge in [0.15, 0.2) is 0 Å². The molecule has 0 radical (unpaired) electrons. The number of nitrogens with two attached hydrogens (primary N) is 1. The minimum Gasteiger partial charge on any atom is -0.465 e. The van der Waals surface area contributed by atoms with E-state index in [1.54, 1.807) is 0 Å². The molecular weight excluding hydrogens is 233 g/mol. The first-order valence-electron chi connectivity index (χ1n) is 4.82. The number of carbonyl (C=O) groups excluding carboxylic acids is 1. The highest BCUT2D eigenvalue weighted by Gasteiger charge is 2.14. The number of halogens is 2. The summed E-state index contributed by atoms with van der Waals surface area (Å²) in [6.45, 7) is 0.261. The van der Waals surface area contributed by atoms with Gasteiger partial charge in [0.05, 0.1) is 17.7 Å². The van der Waals surface area contributed by atoms with Crippen LogP contribution in [0.5, 0.6) is 0 Å². The Labute approximate surface area is 98.3 Å². The Bertz CT molecular complexity index is 384. The normalized spacial score (nSPS) is 12.2. The molecule has 0 bridgehead atoms. The molecule has 5 heteroatoms. The lowest BCUT2D eigenvalue weighted by atomic mass is 10.1. The molecular formula is C11H13ClFNO2. The number of alkyl halides is 1. The fourth-order valence-electron chi connectivity index (χ4n) is 1.31. The Balaban J connectivity index is 2.94. The van der Waals surface area contributed by atoms with Gasteiger partial charge >= 0.3 is 5.97 Å². The Kier molecular flexibility index (Phi) is 4.71. The third kappa shape index (κ3) is 2.93. The molecule has 0 saturated carbocycles. The summed E-state index contributed by atoms with van der Waals surface area (Å²) in [4.78, 5) is 11.2. The third-order valence-electron chi connectivity index (χ3n) is 2.18. The summed E-state index contributed by atoms with van der Waals surface area (Å²) < 4.78 is 18.0. The number of methoxy groups -OCH3 is 1. The number of benzene rings is 1. The molecule has 0 aliphatic rings. The summed E-state index contributed by atoms with van der Waals surface area (Å²) in [5.41, 5.74) is 5.91. The first-order chi connectivity index (χ1) is 7.60. The van der Waals surface area contributed by atoms with Gasteiger partial charge in [-0.1, -0.05) is 17.7 Å². The van der Waals surface area contributed by atoms with E-state index < -0.39 is 12.1 Å². The standard InChI is InChI=1S/C11H13ClFNO2/c1-16-11(15)8-3-2-7(6-9(8)12)10(13)4-5-14/h2-3,6,10H,4-5,14H2,1H3. The highest BCUT2D eigenvalue weighted by atomic mass is 35.5. The van der Waals surface area contributed by atoms with Crippen LogP contribution in [0.15, 0.2) is 18.2 Å². The third-order valence-corrected chi connectivity index (χ3v) is 2.49. The van der Waals surface area contributed by atoms with E-state index in [4.69, 9.17) is 17.3 Å². The van der Waals surface area contributed by atoms with Crippen molar-refractivity contribution in [3.8, 4) is 0 Å². The molecule has 2 N–H and O–H groups in total.